The number of pyridine rings is 1. The van der Waals surface area contributed by atoms with Crippen LogP contribution >= 0.6 is 0 Å². The second-order valence-corrected chi connectivity index (χ2v) is 7.81. The molecule has 11 heteroatoms. The maximum absolute atomic E-state index is 10.1. The molecule has 0 spiro atoms. The highest BCUT2D eigenvalue weighted by Crippen LogP contribution is 2.37. The summed E-state index contributed by atoms with van der Waals surface area (Å²) in [5, 5.41) is 46.2. The van der Waals surface area contributed by atoms with Crippen LogP contribution in [0, 0.1) is 17.2 Å². The number of nitriles is 1. The summed E-state index contributed by atoms with van der Waals surface area (Å²) >= 11 is 0. The zero-order valence-electron chi connectivity index (χ0n) is 18.1. The maximum atomic E-state index is 10.1. The molecule has 2 aromatic heterocycles. The van der Waals surface area contributed by atoms with E-state index in [0.29, 0.717) is 24.2 Å². The van der Waals surface area contributed by atoms with E-state index >= 15 is 0 Å². The Hall–Kier alpha value is -3.23. The topological polar surface area (TPSA) is 182 Å². The van der Waals surface area contributed by atoms with E-state index in [2.05, 4.69) is 25.9 Å². The van der Waals surface area contributed by atoms with Crippen LogP contribution in [0.15, 0.2) is 12.3 Å². The number of hydrogen-bond acceptors (Lipinski definition) is 8. The Kier molecular flexibility index (Phi) is 8.92. The average molecular weight is 447 g/mol. The van der Waals surface area contributed by atoms with Crippen molar-refractivity contribution in [1.29, 1.82) is 5.26 Å². The molecule has 0 amide bonds. The molecule has 1 fully saturated rings. The van der Waals surface area contributed by atoms with Crippen LogP contribution in [0.3, 0.4) is 0 Å². The molecule has 5 N–H and O–H groups in total. The van der Waals surface area contributed by atoms with Crippen LogP contribution in [0.5, 0.6) is 0 Å². The number of aromatic nitrogens is 3. The first-order chi connectivity index (χ1) is 15.2. The molecule has 2 atom stereocenters. The number of aliphatic hydroxyl groups excluding tert-OH is 2. The quantitative estimate of drug-likeness (QED) is 0.421. The molecule has 1 saturated carbocycles. The minimum absolute atomic E-state index is 0.326. The third-order valence-electron chi connectivity index (χ3n) is 5.45. The van der Waals surface area contributed by atoms with E-state index < -0.39 is 30.6 Å². The number of carboxylic acid groups (broad SMARTS) is 2. The lowest BCUT2D eigenvalue weighted by molar-refractivity contribution is -0.152. The Bertz CT molecular complexity index is 975. The number of anilines is 1. The SMILES string of the molecule is CNc1cc2c(cn1)nc([C@@H](C)O)n2C1CCC(CC#N)CC1.O=C(O)C[C@H](O)C(=O)O. The standard InChI is InChI=1S/C17H23N5O.C4H6O5/c1-11(23)17-21-14-10-20-16(19-2)9-15(14)22(17)13-5-3-12(4-6-13)7-8-18;5-2(4(8)9)1-3(6)7/h9-13,23H,3-7H2,1-2H3,(H,19,20);2,5H,1H2,(H,6,7)(H,8,9)/t11-,12?,13?;2-/m10/s1. The highest BCUT2D eigenvalue weighted by Gasteiger charge is 2.27. The lowest BCUT2D eigenvalue weighted by Crippen LogP contribution is -2.22. The van der Waals surface area contributed by atoms with Crippen molar-refractivity contribution in [1.82, 2.24) is 14.5 Å². The second kappa shape index (κ2) is 11.4. The van der Waals surface area contributed by atoms with Gasteiger partial charge in [-0.25, -0.2) is 14.8 Å². The van der Waals surface area contributed by atoms with E-state index in [4.69, 9.17) is 20.6 Å². The summed E-state index contributed by atoms with van der Waals surface area (Å²) in [4.78, 5) is 28.3. The summed E-state index contributed by atoms with van der Waals surface area (Å²) in [6, 6.07) is 4.61. The van der Waals surface area contributed by atoms with Gasteiger partial charge in [0.1, 0.15) is 23.3 Å². The van der Waals surface area contributed by atoms with Gasteiger partial charge in [-0.2, -0.15) is 5.26 Å². The van der Waals surface area contributed by atoms with E-state index in [1.807, 2.05) is 13.1 Å². The third kappa shape index (κ3) is 6.38. The Morgan fingerprint density at radius 3 is 2.41 bits per heavy atom. The molecule has 3 rings (SSSR count). The lowest BCUT2D eigenvalue weighted by atomic mass is 9.84. The number of hydrogen-bond donors (Lipinski definition) is 5. The van der Waals surface area contributed by atoms with Crippen molar-refractivity contribution >= 4 is 28.8 Å². The van der Waals surface area contributed by atoms with Crippen LogP contribution in [-0.2, 0) is 9.59 Å². The molecular weight excluding hydrogens is 418 g/mol. The number of carboxylic acids is 2. The zero-order chi connectivity index (χ0) is 23.8. The Balaban J connectivity index is 0.000000344. The Labute approximate surface area is 185 Å². The van der Waals surface area contributed by atoms with Crippen LogP contribution in [-0.4, -0.2) is 60.1 Å². The van der Waals surface area contributed by atoms with Gasteiger partial charge in [0.15, 0.2) is 6.10 Å². The molecule has 0 aliphatic heterocycles. The fraction of sp³-hybridized carbons (Fsp3) is 0.571. The van der Waals surface area contributed by atoms with Crippen molar-refractivity contribution in [2.45, 2.75) is 63.7 Å². The number of fused-ring (bicyclic) bond motifs is 1. The average Bonchev–Trinajstić information content (AvgIpc) is 3.13. The van der Waals surface area contributed by atoms with Crippen LogP contribution in [0.1, 0.15) is 63.4 Å². The number of nitrogens with one attached hydrogen (secondary N) is 1. The molecule has 1 aliphatic carbocycles. The third-order valence-corrected chi connectivity index (χ3v) is 5.45. The molecule has 2 heterocycles. The summed E-state index contributed by atoms with van der Waals surface area (Å²) in [6.07, 6.45) is 3.40. The van der Waals surface area contributed by atoms with E-state index in [-0.39, 0.29) is 0 Å². The van der Waals surface area contributed by atoms with Crippen molar-refractivity contribution < 1.29 is 30.0 Å². The molecule has 0 aromatic carbocycles. The van der Waals surface area contributed by atoms with Gasteiger partial charge < -0.3 is 30.3 Å². The van der Waals surface area contributed by atoms with Crippen molar-refractivity contribution in [3.63, 3.8) is 0 Å². The Morgan fingerprint density at radius 2 is 1.94 bits per heavy atom. The first-order valence-corrected chi connectivity index (χ1v) is 10.4. The number of aliphatic hydroxyl groups is 2. The molecule has 0 bridgehead atoms. The van der Waals surface area contributed by atoms with E-state index in [1.54, 1.807) is 13.1 Å². The van der Waals surface area contributed by atoms with Crippen LogP contribution in [0.4, 0.5) is 5.82 Å². The van der Waals surface area contributed by atoms with Crippen molar-refractivity contribution in [3.8, 4) is 6.07 Å². The first-order valence-electron chi connectivity index (χ1n) is 10.4. The molecular formula is C21H29N5O6. The summed E-state index contributed by atoms with van der Waals surface area (Å²) in [6.45, 7) is 1.76. The highest BCUT2D eigenvalue weighted by molar-refractivity contribution is 5.79. The summed E-state index contributed by atoms with van der Waals surface area (Å²) in [5.74, 6) is -0.828. The van der Waals surface area contributed by atoms with Gasteiger partial charge >= 0.3 is 11.9 Å². The van der Waals surface area contributed by atoms with Crippen LogP contribution < -0.4 is 5.32 Å². The summed E-state index contributed by atoms with van der Waals surface area (Å²) in [5.41, 5.74) is 1.84. The second-order valence-electron chi connectivity index (χ2n) is 7.81. The molecule has 0 radical (unpaired) electrons. The Morgan fingerprint density at radius 1 is 1.28 bits per heavy atom. The lowest BCUT2D eigenvalue weighted by Gasteiger charge is -2.30. The molecule has 0 saturated heterocycles. The van der Waals surface area contributed by atoms with E-state index in [9.17, 15) is 14.7 Å². The largest absolute Gasteiger partial charge is 0.481 e. The number of aliphatic carboxylic acids is 2. The highest BCUT2D eigenvalue weighted by atomic mass is 16.4. The first kappa shape index (κ1) is 25.0. The minimum atomic E-state index is -1.79. The van der Waals surface area contributed by atoms with Crippen molar-refractivity contribution in [3.05, 3.63) is 18.1 Å². The van der Waals surface area contributed by atoms with Crippen molar-refractivity contribution in [2.24, 2.45) is 5.92 Å². The normalized spacial score (nSPS) is 19.8. The number of imidazole rings is 1. The van der Waals surface area contributed by atoms with Gasteiger partial charge in [-0.1, -0.05) is 0 Å². The van der Waals surface area contributed by atoms with Crippen LogP contribution in [0.25, 0.3) is 11.0 Å². The molecule has 0 unspecified atom stereocenters. The van der Waals surface area contributed by atoms with Gasteiger partial charge in [0.2, 0.25) is 0 Å². The molecule has 1 aliphatic rings. The smallest absolute Gasteiger partial charge is 0.333 e. The molecule has 32 heavy (non-hydrogen) atoms. The van der Waals surface area contributed by atoms with Gasteiger partial charge in [0, 0.05) is 25.6 Å². The summed E-state index contributed by atoms with van der Waals surface area (Å²) in [7, 11) is 1.84. The van der Waals surface area contributed by atoms with Gasteiger partial charge in [-0.05, 0) is 38.5 Å². The van der Waals surface area contributed by atoms with E-state index in [0.717, 1.165) is 42.5 Å². The monoisotopic (exact) mass is 447 g/mol. The fourth-order valence-electron chi connectivity index (χ4n) is 3.82. The van der Waals surface area contributed by atoms with Crippen molar-refractivity contribution in [2.75, 3.05) is 12.4 Å². The molecule has 174 valence electrons. The number of carbonyl (C=O) groups is 2. The van der Waals surface area contributed by atoms with E-state index in [1.165, 1.54) is 0 Å². The van der Waals surface area contributed by atoms with Gasteiger partial charge in [-0.3, -0.25) is 4.79 Å². The zero-order valence-corrected chi connectivity index (χ0v) is 18.1. The predicted octanol–water partition coefficient (Wildman–Crippen LogP) is 2.08. The minimum Gasteiger partial charge on any atom is -0.481 e. The van der Waals surface area contributed by atoms with Crippen LogP contribution in [0.2, 0.25) is 0 Å². The van der Waals surface area contributed by atoms with Gasteiger partial charge in [0.25, 0.3) is 0 Å². The summed E-state index contributed by atoms with van der Waals surface area (Å²) < 4.78 is 2.19. The number of nitrogens with zero attached hydrogens (tertiary/aromatic N) is 4. The molecule has 11 nitrogen and oxygen atoms in total. The maximum Gasteiger partial charge on any atom is 0.333 e. The predicted molar refractivity (Wildman–Crippen MR) is 115 cm³/mol. The fourth-order valence-corrected chi connectivity index (χ4v) is 3.82. The van der Waals surface area contributed by atoms with Gasteiger partial charge in [-0.15, -0.1) is 0 Å². The molecule has 2 aromatic rings. The number of rotatable bonds is 7. The van der Waals surface area contributed by atoms with Gasteiger partial charge in [0.05, 0.1) is 24.2 Å².